The molecule has 1 saturated carbocycles. The molecular weight excluding hydrogens is 244 g/mol. The molecule has 1 aliphatic carbocycles. The molecule has 0 aromatic heterocycles. The van der Waals surface area contributed by atoms with Crippen molar-refractivity contribution in [2.75, 3.05) is 18.0 Å². The fraction of sp³-hybridized carbons (Fsp3) is 0.500. The summed E-state index contributed by atoms with van der Waals surface area (Å²) in [6.45, 7) is 1.94. The quantitative estimate of drug-likeness (QED) is 0.794. The lowest BCUT2D eigenvalue weighted by atomic mass is 10.00. The molecule has 4 heteroatoms. The Kier molecular flexibility index (Phi) is 2.99. The summed E-state index contributed by atoms with van der Waals surface area (Å²) in [4.78, 5) is 2.77. The van der Waals surface area contributed by atoms with Gasteiger partial charge in [0.1, 0.15) is 4.99 Å². The van der Waals surface area contributed by atoms with Crippen LogP contribution in [0.4, 0.5) is 5.69 Å². The summed E-state index contributed by atoms with van der Waals surface area (Å²) < 4.78 is 0. The van der Waals surface area contributed by atoms with E-state index in [-0.39, 0.29) is 6.10 Å². The average molecular weight is 262 g/mol. The molecule has 1 aromatic carbocycles. The van der Waals surface area contributed by atoms with E-state index in [1.54, 1.807) is 0 Å². The molecule has 0 radical (unpaired) electrons. The molecule has 18 heavy (non-hydrogen) atoms. The van der Waals surface area contributed by atoms with E-state index in [1.165, 1.54) is 0 Å². The maximum Gasteiger partial charge on any atom is 0.106 e. The zero-order valence-corrected chi connectivity index (χ0v) is 11.1. The minimum atomic E-state index is -0.128. The van der Waals surface area contributed by atoms with Crippen molar-refractivity contribution in [3.63, 3.8) is 0 Å². The van der Waals surface area contributed by atoms with Crippen LogP contribution in [0.5, 0.6) is 0 Å². The molecular formula is C14H18N2OS. The van der Waals surface area contributed by atoms with Crippen LogP contribution >= 0.6 is 12.2 Å². The number of aliphatic hydroxyl groups excluding tert-OH is 1. The predicted octanol–water partition coefficient (Wildman–Crippen LogP) is 1.53. The third-order valence-electron chi connectivity index (χ3n) is 4.33. The van der Waals surface area contributed by atoms with Gasteiger partial charge in [-0.25, -0.2) is 0 Å². The number of thiocarbonyl (C=S) groups is 1. The standard InChI is InChI=1S/C14H18N2OS/c15-14(18)10-3-1-2-4-12(10)16-7-9-5-6-13(17)11(9)8-16/h1-4,9,11,13,17H,5-8H2,(H2,15,18). The fourth-order valence-corrected chi connectivity index (χ4v) is 3.56. The predicted molar refractivity (Wildman–Crippen MR) is 76.8 cm³/mol. The van der Waals surface area contributed by atoms with Crippen LogP contribution in [-0.4, -0.2) is 29.3 Å². The fourth-order valence-electron chi connectivity index (χ4n) is 3.39. The van der Waals surface area contributed by atoms with Crippen molar-refractivity contribution in [1.82, 2.24) is 0 Å². The summed E-state index contributed by atoms with van der Waals surface area (Å²) in [5.74, 6) is 1.05. The second kappa shape index (κ2) is 4.52. The molecule has 3 unspecified atom stereocenters. The van der Waals surface area contributed by atoms with E-state index in [9.17, 15) is 5.11 Å². The second-order valence-electron chi connectivity index (χ2n) is 5.36. The molecule has 0 spiro atoms. The van der Waals surface area contributed by atoms with Crippen LogP contribution in [-0.2, 0) is 0 Å². The Morgan fingerprint density at radius 3 is 2.78 bits per heavy atom. The topological polar surface area (TPSA) is 49.5 Å². The Hall–Kier alpha value is -1.13. The number of rotatable bonds is 2. The number of anilines is 1. The minimum Gasteiger partial charge on any atom is -0.393 e. The maximum atomic E-state index is 9.97. The van der Waals surface area contributed by atoms with Crippen LogP contribution in [0, 0.1) is 11.8 Å². The molecule has 2 aliphatic rings. The number of benzene rings is 1. The van der Waals surface area contributed by atoms with Crippen LogP contribution in [0.3, 0.4) is 0 Å². The number of nitrogens with zero attached hydrogens (tertiary/aromatic N) is 1. The number of hydrogen-bond donors (Lipinski definition) is 2. The van der Waals surface area contributed by atoms with Gasteiger partial charge in [0, 0.05) is 30.3 Å². The average Bonchev–Trinajstić information content (AvgIpc) is 2.92. The van der Waals surface area contributed by atoms with Crippen molar-refractivity contribution >= 4 is 22.9 Å². The highest BCUT2D eigenvalue weighted by Gasteiger charge is 2.42. The zero-order chi connectivity index (χ0) is 12.7. The molecule has 3 N–H and O–H groups in total. The first-order valence-electron chi connectivity index (χ1n) is 6.48. The maximum absolute atomic E-state index is 9.97. The highest BCUT2D eigenvalue weighted by molar-refractivity contribution is 7.80. The third kappa shape index (κ3) is 1.89. The monoisotopic (exact) mass is 262 g/mol. The summed E-state index contributed by atoms with van der Waals surface area (Å²) in [6, 6.07) is 8.02. The molecule has 1 heterocycles. The van der Waals surface area contributed by atoms with E-state index in [0.717, 1.165) is 37.2 Å². The Morgan fingerprint density at radius 2 is 2.06 bits per heavy atom. The summed E-state index contributed by atoms with van der Waals surface area (Å²) in [5.41, 5.74) is 7.84. The van der Waals surface area contributed by atoms with Crippen molar-refractivity contribution in [2.45, 2.75) is 18.9 Å². The van der Waals surface area contributed by atoms with Gasteiger partial charge in [0.25, 0.3) is 0 Å². The van der Waals surface area contributed by atoms with Crippen LogP contribution in [0.1, 0.15) is 18.4 Å². The largest absolute Gasteiger partial charge is 0.393 e. The first-order chi connectivity index (χ1) is 8.66. The Balaban J connectivity index is 1.87. The Bertz CT molecular complexity index is 477. The summed E-state index contributed by atoms with van der Waals surface area (Å²) in [6.07, 6.45) is 1.97. The number of aliphatic hydroxyl groups is 1. The van der Waals surface area contributed by atoms with Crippen molar-refractivity contribution < 1.29 is 5.11 Å². The van der Waals surface area contributed by atoms with Crippen LogP contribution in [0.15, 0.2) is 24.3 Å². The highest BCUT2D eigenvalue weighted by atomic mass is 32.1. The molecule has 0 amide bonds. The van der Waals surface area contributed by atoms with E-state index >= 15 is 0 Å². The molecule has 3 nitrogen and oxygen atoms in total. The Morgan fingerprint density at radius 1 is 1.28 bits per heavy atom. The molecule has 0 bridgehead atoms. The van der Waals surface area contributed by atoms with Crippen molar-refractivity contribution in [2.24, 2.45) is 17.6 Å². The van der Waals surface area contributed by atoms with Gasteiger partial charge in [-0.3, -0.25) is 0 Å². The highest BCUT2D eigenvalue weighted by Crippen LogP contribution is 2.40. The normalized spacial score (nSPS) is 30.5. The number of nitrogens with two attached hydrogens (primary N) is 1. The van der Waals surface area contributed by atoms with Gasteiger partial charge in [0.2, 0.25) is 0 Å². The van der Waals surface area contributed by atoms with E-state index < -0.39 is 0 Å². The van der Waals surface area contributed by atoms with Crippen LogP contribution < -0.4 is 10.6 Å². The van der Waals surface area contributed by atoms with Crippen LogP contribution in [0.25, 0.3) is 0 Å². The molecule has 2 fully saturated rings. The summed E-state index contributed by atoms with van der Waals surface area (Å²) in [5, 5.41) is 9.97. The van der Waals surface area contributed by atoms with Gasteiger partial charge >= 0.3 is 0 Å². The SMILES string of the molecule is NC(=S)c1ccccc1N1CC2CCC(O)C2C1. The van der Waals surface area contributed by atoms with E-state index in [2.05, 4.69) is 11.0 Å². The molecule has 3 atom stereocenters. The zero-order valence-electron chi connectivity index (χ0n) is 10.2. The number of hydrogen-bond acceptors (Lipinski definition) is 3. The van der Waals surface area contributed by atoms with Crippen LogP contribution in [0.2, 0.25) is 0 Å². The molecule has 1 saturated heterocycles. The van der Waals surface area contributed by atoms with Crippen molar-refractivity contribution in [1.29, 1.82) is 0 Å². The first kappa shape index (κ1) is 11.9. The van der Waals surface area contributed by atoms with E-state index in [1.807, 2.05) is 18.2 Å². The summed E-state index contributed by atoms with van der Waals surface area (Å²) >= 11 is 5.11. The smallest absolute Gasteiger partial charge is 0.106 e. The van der Waals surface area contributed by atoms with Gasteiger partial charge in [0.05, 0.1) is 6.10 Å². The molecule has 1 aliphatic heterocycles. The third-order valence-corrected chi connectivity index (χ3v) is 4.55. The van der Waals surface area contributed by atoms with E-state index in [4.69, 9.17) is 18.0 Å². The van der Waals surface area contributed by atoms with Gasteiger partial charge in [-0.2, -0.15) is 0 Å². The molecule has 1 aromatic rings. The molecule has 96 valence electrons. The minimum absolute atomic E-state index is 0.128. The lowest BCUT2D eigenvalue weighted by Crippen LogP contribution is -2.26. The number of para-hydroxylation sites is 1. The lowest BCUT2D eigenvalue weighted by molar-refractivity contribution is 0.133. The summed E-state index contributed by atoms with van der Waals surface area (Å²) in [7, 11) is 0. The van der Waals surface area contributed by atoms with Gasteiger partial charge in [-0.15, -0.1) is 0 Å². The van der Waals surface area contributed by atoms with Gasteiger partial charge in [0.15, 0.2) is 0 Å². The number of fused-ring (bicyclic) bond motifs is 1. The van der Waals surface area contributed by atoms with Gasteiger partial charge < -0.3 is 15.7 Å². The first-order valence-corrected chi connectivity index (χ1v) is 6.89. The Labute approximate surface area is 113 Å². The van der Waals surface area contributed by atoms with Gasteiger partial charge in [-0.05, 0) is 30.9 Å². The van der Waals surface area contributed by atoms with Crippen molar-refractivity contribution in [3.8, 4) is 0 Å². The van der Waals surface area contributed by atoms with Crippen molar-refractivity contribution in [3.05, 3.63) is 29.8 Å². The van der Waals surface area contributed by atoms with E-state index in [0.29, 0.717) is 16.8 Å². The van der Waals surface area contributed by atoms with Gasteiger partial charge in [-0.1, -0.05) is 24.4 Å². The lowest BCUT2D eigenvalue weighted by Gasteiger charge is -2.23. The second-order valence-corrected chi connectivity index (χ2v) is 5.79. The molecule has 3 rings (SSSR count).